The van der Waals surface area contributed by atoms with E-state index in [0.717, 1.165) is 10.6 Å². The number of hydrogen-bond acceptors (Lipinski definition) is 8. The van der Waals surface area contributed by atoms with Crippen LogP contribution in [-0.4, -0.2) is 45.9 Å². The molecule has 6 rings (SSSR count). The SMILES string of the molecule is O=C1C2C3OC(C2C(=O)N1c1ccc(OP(=O)(O)O)cc1)C1C3N=NN1c1ccccc1. The fraction of sp³-hybridized carbons (Fsp3) is 0.300. The van der Waals surface area contributed by atoms with Crippen LogP contribution in [0.2, 0.25) is 0 Å². The number of amides is 2. The van der Waals surface area contributed by atoms with E-state index in [9.17, 15) is 14.2 Å². The largest absolute Gasteiger partial charge is 0.524 e. The van der Waals surface area contributed by atoms with Crippen LogP contribution >= 0.6 is 7.82 Å². The molecule has 3 fully saturated rings. The van der Waals surface area contributed by atoms with Crippen molar-refractivity contribution in [2.45, 2.75) is 24.3 Å². The Morgan fingerprint density at radius 3 is 2.22 bits per heavy atom. The molecule has 4 aliphatic rings. The van der Waals surface area contributed by atoms with Gasteiger partial charge in [-0.1, -0.05) is 23.4 Å². The second-order valence-corrected chi connectivity index (χ2v) is 9.23. The summed E-state index contributed by atoms with van der Waals surface area (Å²) in [5.41, 5.74) is 1.14. The molecule has 2 aromatic carbocycles. The third-order valence-electron chi connectivity index (χ3n) is 6.35. The van der Waals surface area contributed by atoms with Gasteiger partial charge in [0.1, 0.15) is 17.8 Å². The van der Waals surface area contributed by atoms with E-state index in [4.69, 9.17) is 14.5 Å². The molecule has 2 amide bonds. The maximum atomic E-state index is 13.3. The Balaban J connectivity index is 1.29. The molecular weight excluding hydrogens is 439 g/mol. The monoisotopic (exact) mass is 456 g/mol. The number of imide groups is 1. The smallest absolute Gasteiger partial charge is 0.404 e. The first-order valence-electron chi connectivity index (χ1n) is 9.97. The summed E-state index contributed by atoms with van der Waals surface area (Å²) in [5, 5.41) is 10.4. The Labute approximate surface area is 181 Å². The van der Waals surface area contributed by atoms with Crippen molar-refractivity contribution >= 4 is 31.0 Å². The maximum absolute atomic E-state index is 13.3. The van der Waals surface area contributed by atoms with E-state index in [0.29, 0.717) is 5.69 Å². The minimum Gasteiger partial charge on any atom is -0.404 e. The fourth-order valence-electron chi connectivity index (χ4n) is 5.17. The normalized spacial score (nSPS) is 32.6. The Morgan fingerprint density at radius 2 is 1.56 bits per heavy atom. The molecule has 6 atom stereocenters. The number of ether oxygens (including phenoxy) is 1. The summed E-state index contributed by atoms with van der Waals surface area (Å²) in [6.07, 6.45) is -1.06. The number of nitrogens with zero attached hydrogens (tertiary/aromatic N) is 4. The van der Waals surface area contributed by atoms with Crippen LogP contribution in [0.5, 0.6) is 5.75 Å². The van der Waals surface area contributed by atoms with Gasteiger partial charge >= 0.3 is 7.82 Å². The van der Waals surface area contributed by atoms with Gasteiger partial charge in [0.05, 0.1) is 35.4 Å². The van der Waals surface area contributed by atoms with E-state index in [1.54, 1.807) is 5.01 Å². The molecule has 32 heavy (non-hydrogen) atoms. The van der Waals surface area contributed by atoms with Crippen molar-refractivity contribution in [1.29, 1.82) is 0 Å². The van der Waals surface area contributed by atoms with Gasteiger partial charge in [0.25, 0.3) is 0 Å². The summed E-state index contributed by atoms with van der Waals surface area (Å²) in [6.45, 7) is 0. The zero-order valence-electron chi connectivity index (χ0n) is 16.3. The number of para-hydroxylation sites is 1. The standard InChI is InChI=1S/C20H17N4O7P/c25-19-13-14(20(26)23(19)10-6-8-12(9-7-10)31-32(27,28)29)18-16-15(17(13)30-18)21-22-24(16)11-4-2-1-3-5-11/h1-9,13-18H,(H2,27,28,29). The predicted octanol–water partition coefficient (Wildman–Crippen LogP) is 1.67. The van der Waals surface area contributed by atoms with Gasteiger partial charge in [-0.2, -0.15) is 5.11 Å². The second-order valence-electron chi connectivity index (χ2n) is 8.07. The second kappa shape index (κ2) is 6.69. The molecule has 0 radical (unpaired) electrons. The van der Waals surface area contributed by atoms with Crippen LogP contribution < -0.4 is 14.4 Å². The highest BCUT2D eigenvalue weighted by Gasteiger charge is 2.71. The molecule has 3 saturated heterocycles. The lowest BCUT2D eigenvalue weighted by Gasteiger charge is -2.30. The summed E-state index contributed by atoms with van der Waals surface area (Å²) in [4.78, 5) is 45.5. The van der Waals surface area contributed by atoms with Gasteiger partial charge < -0.3 is 9.26 Å². The van der Waals surface area contributed by atoms with Gasteiger partial charge in [0, 0.05) is 0 Å². The molecule has 6 unspecified atom stereocenters. The van der Waals surface area contributed by atoms with Crippen LogP contribution in [-0.2, 0) is 18.9 Å². The minimum absolute atomic E-state index is 0.0711. The average Bonchev–Trinajstić information content (AvgIpc) is 3.49. The predicted molar refractivity (Wildman–Crippen MR) is 109 cm³/mol. The van der Waals surface area contributed by atoms with Crippen LogP contribution in [0, 0.1) is 11.8 Å². The highest BCUT2D eigenvalue weighted by atomic mass is 31.2. The first kappa shape index (κ1) is 19.6. The molecule has 4 aliphatic heterocycles. The number of benzene rings is 2. The molecule has 0 saturated carbocycles. The Kier molecular flexibility index (Phi) is 4.09. The van der Waals surface area contributed by atoms with Crippen molar-refractivity contribution in [3.05, 3.63) is 54.6 Å². The highest BCUT2D eigenvalue weighted by molar-refractivity contribution is 7.46. The number of carbonyl (C=O) groups excluding carboxylic acids is 2. The lowest BCUT2D eigenvalue weighted by Crippen LogP contribution is -2.51. The lowest BCUT2D eigenvalue weighted by atomic mass is 9.76. The lowest BCUT2D eigenvalue weighted by molar-refractivity contribution is -0.125. The zero-order valence-corrected chi connectivity index (χ0v) is 17.2. The molecule has 0 aromatic heterocycles. The number of fused-ring (bicyclic) bond motifs is 8. The van der Waals surface area contributed by atoms with Gasteiger partial charge in [-0.25, -0.2) is 14.5 Å². The van der Waals surface area contributed by atoms with Gasteiger partial charge in [-0.15, -0.1) is 0 Å². The summed E-state index contributed by atoms with van der Waals surface area (Å²) in [6, 6.07) is 14.3. The maximum Gasteiger partial charge on any atom is 0.524 e. The van der Waals surface area contributed by atoms with Crippen molar-refractivity contribution in [3.63, 3.8) is 0 Å². The van der Waals surface area contributed by atoms with E-state index in [-0.39, 0.29) is 29.6 Å². The van der Waals surface area contributed by atoms with Crippen LogP contribution in [0.3, 0.4) is 0 Å². The molecular formula is C20H17N4O7P. The van der Waals surface area contributed by atoms with Crippen LogP contribution in [0.1, 0.15) is 0 Å². The van der Waals surface area contributed by atoms with E-state index in [1.165, 1.54) is 24.3 Å². The quantitative estimate of drug-likeness (QED) is 0.523. The van der Waals surface area contributed by atoms with Crippen molar-refractivity contribution < 1.29 is 33.2 Å². The fourth-order valence-corrected chi connectivity index (χ4v) is 5.57. The van der Waals surface area contributed by atoms with E-state index >= 15 is 0 Å². The topological polar surface area (TPSA) is 141 Å². The molecule has 164 valence electrons. The molecule has 0 aliphatic carbocycles. The first-order chi connectivity index (χ1) is 15.3. The Hall–Kier alpha value is -3.11. The zero-order chi connectivity index (χ0) is 22.2. The van der Waals surface area contributed by atoms with Crippen molar-refractivity contribution in [3.8, 4) is 5.75 Å². The summed E-state index contributed by atoms with van der Waals surface area (Å²) < 4.78 is 21.6. The number of phosphoric ester groups is 1. The molecule has 2 aromatic rings. The third-order valence-corrected chi connectivity index (χ3v) is 6.80. The van der Waals surface area contributed by atoms with Crippen molar-refractivity contribution in [1.82, 2.24) is 0 Å². The molecule has 2 N–H and O–H groups in total. The number of hydrogen-bond donors (Lipinski definition) is 2. The Morgan fingerprint density at radius 1 is 0.906 bits per heavy atom. The van der Waals surface area contributed by atoms with Gasteiger partial charge in [0.2, 0.25) is 11.8 Å². The number of phosphoric acid groups is 1. The third kappa shape index (κ3) is 2.75. The van der Waals surface area contributed by atoms with Gasteiger partial charge in [0.15, 0.2) is 0 Å². The summed E-state index contributed by atoms with van der Waals surface area (Å²) in [7, 11) is -4.71. The molecule has 0 spiro atoms. The van der Waals surface area contributed by atoms with E-state index in [2.05, 4.69) is 14.9 Å². The van der Waals surface area contributed by atoms with Gasteiger partial charge in [-0.05, 0) is 36.4 Å². The van der Waals surface area contributed by atoms with Gasteiger partial charge in [-0.3, -0.25) is 19.4 Å². The summed E-state index contributed by atoms with van der Waals surface area (Å²) in [5.74, 6) is -2.10. The van der Waals surface area contributed by atoms with E-state index in [1.807, 2.05) is 30.3 Å². The van der Waals surface area contributed by atoms with Crippen molar-refractivity contribution in [2.75, 3.05) is 9.91 Å². The number of carbonyl (C=O) groups is 2. The molecule has 4 heterocycles. The number of rotatable bonds is 4. The summed E-state index contributed by atoms with van der Waals surface area (Å²) >= 11 is 0. The Bertz CT molecular complexity index is 1180. The molecule has 2 bridgehead atoms. The minimum atomic E-state index is -4.71. The first-order valence-corrected chi connectivity index (χ1v) is 11.5. The van der Waals surface area contributed by atoms with Crippen LogP contribution in [0.25, 0.3) is 0 Å². The van der Waals surface area contributed by atoms with Crippen LogP contribution in [0.15, 0.2) is 64.9 Å². The molecule has 11 nitrogen and oxygen atoms in total. The number of anilines is 2. The highest BCUT2D eigenvalue weighted by Crippen LogP contribution is 2.54. The van der Waals surface area contributed by atoms with Crippen LogP contribution in [0.4, 0.5) is 11.4 Å². The molecule has 12 heteroatoms. The average molecular weight is 456 g/mol. The van der Waals surface area contributed by atoms with E-state index < -0.39 is 31.9 Å². The van der Waals surface area contributed by atoms with Crippen molar-refractivity contribution in [2.24, 2.45) is 22.2 Å².